The van der Waals surface area contributed by atoms with E-state index >= 15 is 0 Å². The Hall–Kier alpha value is -5.60. The third-order valence-corrected chi connectivity index (χ3v) is 7.99. The molecule has 0 aromatic heterocycles. The minimum Gasteiger partial charge on any atom is -0.623 e. The molecule has 296 valence electrons. The number of methoxy groups -OCH3 is 2. The van der Waals surface area contributed by atoms with Gasteiger partial charge in [-0.25, -0.2) is 19.8 Å². The zero-order valence-electron chi connectivity index (χ0n) is 32.8. The van der Waals surface area contributed by atoms with Crippen LogP contribution in [0.25, 0.3) is 0 Å². The first-order valence-electron chi connectivity index (χ1n) is 17.8. The van der Waals surface area contributed by atoms with Gasteiger partial charge in [-0.15, -0.1) is 0 Å². The van der Waals surface area contributed by atoms with Gasteiger partial charge in [0.25, 0.3) is 6.21 Å². The lowest BCUT2D eigenvalue weighted by Gasteiger charge is -2.27. The standard InChI is InChI=1S/C21H27N3O3.C18H25N3O.C3H4O3/c1-22(2)12-13-23(15-18-8-5-4-6-9-18)20-11-7-10-19(14-20)16-24(26)17-21(25)27-3;1-20(2)11-12-21(15-16-7-4-3-5-8-16)18-10-6-9-17(13-18)14-19-22;1-6-3(5)2-4/h4-11,14,17H,12-13,15-16H2,1-3H3;3-10,13,19,22H,11-12,14-15H2,1-2H3;2H,1H3/b24-17+;;. The molecular weight excluding hydrogens is 700 g/mol. The van der Waals surface area contributed by atoms with E-state index in [1.165, 1.54) is 23.9 Å². The number of ether oxygens (including phenoxy) is 2. The average Bonchev–Trinajstić information content (AvgIpc) is 3.19. The zero-order chi connectivity index (χ0) is 40.4. The number of carbonyl (C=O) groups excluding carboxylic acids is 3. The van der Waals surface area contributed by atoms with E-state index < -0.39 is 11.9 Å². The molecule has 0 aliphatic heterocycles. The fourth-order valence-electron chi connectivity index (χ4n) is 5.10. The van der Waals surface area contributed by atoms with Gasteiger partial charge in [-0.1, -0.05) is 84.9 Å². The second-order valence-corrected chi connectivity index (χ2v) is 13.0. The quantitative estimate of drug-likeness (QED) is 0.0279. The average molecular weight is 757 g/mol. The Morgan fingerprint density at radius 1 is 0.655 bits per heavy atom. The molecule has 13 heteroatoms. The number of hydrogen-bond acceptors (Lipinski definition) is 12. The molecule has 55 heavy (non-hydrogen) atoms. The molecule has 0 saturated heterocycles. The highest BCUT2D eigenvalue weighted by Crippen LogP contribution is 2.21. The number of hydroxylamine groups is 2. The predicted molar refractivity (Wildman–Crippen MR) is 217 cm³/mol. The molecule has 0 bridgehead atoms. The van der Waals surface area contributed by atoms with Gasteiger partial charge in [0.1, 0.15) is 0 Å². The van der Waals surface area contributed by atoms with Gasteiger partial charge in [-0.3, -0.25) is 4.79 Å². The van der Waals surface area contributed by atoms with Crippen LogP contribution in [-0.2, 0) is 50.0 Å². The predicted octanol–water partition coefficient (Wildman–Crippen LogP) is 4.60. The van der Waals surface area contributed by atoms with Gasteiger partial charge in [0.05, 0.1) is 14.2 Å². The van der Waals surface area contributed by atoms with Crippen LogP contribution in [0.15, 0.2) is 109 Å². The van der Waals surface area contributed by atoms with E-state index in [-0.39, 0.29) is 12.8 Å². The van der Waals surface area contributed by atoms with Crippen molar-refractivity contribution >= 4 is 35.8 Å². The number of rotatable bonds is 18. The SMILES string of the molecule is CN(C)CCN(Cc1ccccc1)c1cccc(CNO)c1.COC(=O)/C=[N+](/[O-])Cc1cccc(N(CCN(C)C)Cc2ccccc2)c1.COC(=O)C=O. The second kappa shape index (κ2) is 26.2. The highest BCUT2D eigenvalue weighted by Gasteiger charge is 2.12. The normalized spacial score (nSPS) is 10.7. The number of likely N-dealkylation sites (N-methyl/N-ethyl adjacent to an activating group) is 2. The number of benzene rings is 4. The molecule has 13 nitrogen and oxygen atoms in total. The Labute approximate surface area is 325 Å². The fourth-order valence-corrected chi connectivity index (χ4v) is 5.10. The molecule has 4 rings (SSSR count). The lowest BCUT2D eigenvalue weighted by molar-refractivity contribution is -0.469. The van der Waals surface area contributed by atoms with E-state index in [0.717, 1.165) is 69.4 Å². The molecule has 4 aromatic carbocycles. The van der Waals surface area contributed by atoms with E-state index in [2.05, 4.69) is 111 Å². The van der Waals surface area contributed by atoms with Crippen LogP contribution in [0.5, 0.6) is 0 Å². The second-order valence-electron chi connectivity index (χ2n) is 13.0. The Morgan fingerprint density at radius 3 is 1.49 bits per heavy atom. The highest BCUT2D eigenvalue weighted by molar-refractivity contribution is 6.21. The molecule has 0 unspecified atom stereocenters. The van der Waals surface area contributed by atoms with Crippen molar-refractivity contribution in [3.63, 3.8) is 0 Å². The Balaban J connectivity index is 0.000000336. The largest absolute Gasteiger partial charge is 0.623 e. The Kier molecular flexibility index (Phi) is 21.7. The fraction of sp³-hybridized carbons (Fsp3) is 0.333. The summed E-state index contributed by atoms with van der Waals surface area (Å²) in [4.78, 5) is 39.1. The summed E-state index contributed by atoms with van der Waals surface area (Å²) >= 11 is 0. The molecule has 4 aromatic rings. The van der Waals surface area contributed by atoms with Crippen molar-refractivity contribution in [2.24, 2.45) is 0 Å². The van der Waals surface area contributed by atoms with Crippen LogP contribution < -0.4 is 15.3 Å². The maximum atomic E-state index is 11.9. The monoisotopic (exact) mass is 756 g/mol. The van der Waals surface area contributed by atoms with Crippen molar-refractivity contribution in [1.29, 1.82) is 0 Å². The van der Waals surface area contributed by atoms with E-state index in [1.54, 1.807) is 0 Å². The molecule has 0 radical (unpaired) electrons. The van der Waals surface area contributed by atoms with Crippen LogP contribution in [0.4, 0.5) is 11.4 Å². The van der Waals surface area contributed by atoms with Crippen molar-refractivity contribution < 1.29 is 33.8 Å². The Morgan fingerprint density at radius 2 is 1.09 bits per heavy atom. The first kappa shape index (κ1) is 45.6. The number of hydrogen-bond donors (Lipinski definition) is 2. The first-order chi connectivity index (χ1) is 26.5. The van der Waals surface area contributed by atoms with Gasteiger partial charge in [0.2, 0.25) is 6.29 Å². The summed E-state index contributed by atoms with van der Waals surface area (Å²) < 4.78 is 8.97. The molecule has 0 amide bonds. The summed E-state index contributed by atoms with van der Waals surface area (Å²) in [5.41, 5.74) is 8.89. The van der Waals surface area contributed by atoms with Crippen molar-refractivity contribution in [3.8, 4) is 0 Å². The molecule has 0 saturated carbocycles. The van der Waals surface area contributed by atoms with Crippen LogP contribution >= 0.6 is 0 Å². The third-order valence-electron chi connectivity index (χ3n) is 7.99. The number of esters is 2. The summed E-state index contributed by atoms with van der Waals surface area (Å²) in [5, 5.41) is 20.8. The highest BCUT2D eigenvalue weighted by atomic mass is 16.5. The number of nitrogens with zero attached hydrogens (tertiary/aromatic N) is 5. The molecular formula is C42H56N6O7. The summed E-state index contributed by atoms with van der Waals surface area (Å²) in [5.74, 6) is -1.49. The van der Waals surface area contributed by atoms with Crippen LogP contribution in [0.3, 0.4) is 0 Å². The number of anilines is 2. The van der Waals surface area contributed by atoms with Gasteiger partial charge < -0.3 is 39.5 Å². The number of nitrogens with one attached hydrogen (secondary N) is 1. The molecule has 0 aliphatic rings. The van der Waals surface area contributed by atoms with Crippen molar-refractivity contribution in [1.82, 2.24) is 15.3 Å². The molecule has 0 atom stereocenters. The van der Waals surface area contributed by atoms with E-state index in [1.807, 2.05) is 60.7 Å². The smallest absolute Gasteiger partial charge is 0.396 e. The van der Waals surface area contributed by atoms with Gasteiger partial charge in [0.15, 0.2) is 6.54 Å². The van der Waals surface area contributed by atoms with E-state index in [0.29, 0.717) is 11.3 Å². The summed E-state index contributed by atoms with van der Waals surface area (Å²) in [6, 6.07) is 37.0. The van der Waals surface area contributed by atoms with Crippen LogP contribution in [0.2, 0.25) is 0 Å². The zero-order valence-corrected chi connectivity index (χ0v) is 32.8. The van der Waals surface area contributed by atoms with Gasteiger partial charge in [-0.2, -0.15) is 0 Å². The lowest BCUT2D eigenvalue weighted by Crippen LogP contribution is -2.31. The van der Waals surface area contributed by atoms with Gasteiger partial charge in [-0.05, 0) is 69.1 Å². The minimum atomic E-state index is -0.838. The number of carbonyl (C=O) groups is 3. The molecule has 0 fully saturated rings. The topological polar surface area (TPSA) is 141 Å². The summed E-state index contributed by atoms with van der Waals surface area (Å²) in [7, 11) is 10.7. The maximum absolute atomic E-state index is 11.9. The van der Waals surface area contributed by atoms with E-state index in [4.69, 9.17) is 5.21 Å². The first-order valence-corrected chi connectivity index (χ1v) is 17.8. The third kappa shape index (κ3) is 19.3. The number of aldehydes is 1. The van der Waals surface area contributed by atoms with Crippen LogP contribution in [0, 0.1) is 5.21 Å². The van der Waals surface area contributed by atoms with Crippen LogP contribution in [0.1, 0.15) is 22.3 Å². The molecule has 0 spiro atoms. The van der Waals surface area contributed by atoms with Gasteiger partial charge in [0, 0.05) is 62.8 Å². The molecule has 0 aliphatic carbocycles. The molecule has 2 N–H and O–H groups in total. The van der Waals surface area contributed by atoms with Crippen molar-refractivity contribution in [2.75, 3.05) is 78.4 Å². The summed E-state index contributed by atoms with van der Waals surface area (Å²) in [6.07, 6.45) is 1.03. The molecule has 0 heterocycles. The van der Waals surface area contributed by atoms with Crippen LogP contribution in [-0.4, -0.2) is 113 Å². The van der Waals surface area contributed by atoms with Gasteiger partial charge >= 0.3 is 11.9 Å². The Bertz CT molecular complexity index is 1720. The van der Waals surface area contributed by atoms with E-state index in [9.17, 15) is 19.6 Å². The summed E-state index contributed by atoms with van der Waals surface area (Å²) in [6.45, 7) is 5.95. The lowest BCUT2D eigenvalue weighted by atomic mass is 10.1. The maximum Gasteiger partial charge on any atom is 0.396 e. The van der Waals surface area contributed by atoms with Crippen molar-refractivity contribution in [2.45, 2.75) is 26.2 Å². The minimum absolute atomic E-state index is 0.0931. The van der Waals surface area contributed by atoms with Crippen molar-refractivity contribution in [3.05, 3.63) is 137 Å².